The lowest BCUT2D eigenvalue weighted by Crippen LogP contribution is -2.00. The Balaban J connectivity index is 1.09. The molecule has 0 saturated carbocycles. The van der Waals surface area contributed by atoms with E-state index >= 15 is 0 Å². The molecule has 5 heteroatoms. The van der Waals surface area contributed by atoms with Crippen LogP contribution in [-0.2, 0) is 0 Å². The van der Waals surface area contributed by atoms with Gasteiger partial charge >= 0.3 is 0 Å². The Morgan fingerprint density at radius 1 is 0.274 bits per heavy atom. The average Bonchev–Trinajstić information content (AvgIpc) is 3.88. The molecule has 62 heavy (non-hydrogen) atoms. The number of para-hydroxylation sites is 4. The number of hydrogen-bond donors (Lipinski definition) is 0. The Bertz CT molecular complexity index is 3550. The van der Waals surface area contributed by atoms with Crippen molar-refractivity contribution in [2.75, 3.05) is 0 Å². The third-order valence-corrected chi connectivity index (χ3v) is 12.0. The molecule has 0 unspecified atom stereocenters. The molecule has 0 atom stereocenters. The molecule has 0 amide bonds. The zero-order valence-electron chi connectivity index (χ0n) is 33.6. The summed E-state index contributed by atoms with van der Waals surface area (Å²) >= 11 is 0. The molecule has 0 aliphatic rings. The van der Waals surface area contributed by atoms with E-state index in [1.807, 2.05) is 60.7 Å². The molecule has 3 heterocycles. The Morgan fingerprint density at radius 2 is 0.742 bits per heavy atom. The summed E-state index contributed by atoms with van der Waals surface area (Å²) in [5, 5.41) is 4.84. The highest BCUT2D eigenvalue weighted by Gasteiger charge is 2.21. The van der Waals surface area contributed by atoms with Crippen LogP contribution in [0.1, 0.15) is 0 Å². The van der Waals surface area contributed by atoms with Gasteiger partial charge in [0.2, 0.25) is 0 Å². The minimum atomic E-state index is 0.627. The fraction of sp³-hybridized carbons (Fsp3) is 0. The lowest BCUT2D eigenvalue weighted by Gasteiger charge is -2.12. The molecule has 0 aliphatic heterocycles. The largest absolute Gasteiger partial charge is 0.309 e. The van der Waals surface area contributed by atoms with Crippen LogP contribution in [0.4, 0.5) is 0 Å². The molecule has 290 valence electrons. The second-order valence-corrected chi connectivity index (χ2v) is 15.6. The van der Waals surface area contributed by atoms with Gasteiger partial charge in [-0.2, -0.15) is 0 Å². The van der Waals surface area contributed by atoms with Gasteiger partial charge in [-0.25, -0.2) is 15.0 Å². The normalized spacial score (nSPS) is 11.5. The summed E-state index contributed by atoms with van der Waals surface area (Å²) < 4.78 is 4.82. The molecule has 0 spiro atoms. The molecule has 3 aromatic heterocycles. The maximum absolute atomic E-state index is 5.08. The van der Waals surface area contributed by atoms with Crippen molar-refractivity contribution in [1.82, 2.24) is 24.1 Å². The molecule has 0 bridgehead atoms. The molecule has 0 N–H and O–H groups in total. The summed E-state index contributed by atoms with van der Waals surface area (Å²) in [4.78, 5) is 15.1. The third-order valence-electron chi connectivity index (χ3n) is 12.0. The Labute approximate surface area is 358 Å². The highest BCUT2D eigenvalue weighted by atomic mass is 15.0. The van der Waals surface area contributed by atoms with E-state index < -0.39 is 0 Å². The van der Waals surface area contributed by atoms with E-state index in [0.29, 0.717) is 17.5 Å². The molecular weight excluding hydrogens is 755 g/mol. The molecule has 12 aromatic rings. The number of rotatable bonds is 7. The van der Waals surface area contributed by atoms with E-state index in [4.69, 9.17) is 15.0 Å². The van der Waals surface area contributed by atoms with Crippen molar-refractivity contribution in [2.24, 2.45) is 0 Å². The third kappa shape index (κ3) is 5.90. The second kappa shape index (κ2) is 14.7. The summed E-state index contributed by atoms with van der Waals surface area (Å²) in [6, 6.07) is 79.4. The summed E-state index contributed by atoms with van der Waals surface area (Å²) in [5.41, 5.74) is 14.3. The first-order valence-electron chi connectivity index (χ1n) is 21.0. The smallest absolute Gasteiger partial charge is 0.164 e. The second-order valence-electron chi connectivity index (χ2n) is 15.6. The standard InChI is InChI=1S/C57H37N5/c1-5-18-38(19-6-1)55-58-56(39-20-7-2-8-21-39)60-57(59-55)42-23-15-22-40(36-42)45-29-17-33-52-53(45)49-37-41(34-35-51(49)61(52)43-24-9-3-10-25-43)46-30-16-31-48-47-28-13-14-32-50(47)62(54(46)48)44-26-11-4-12-27-44/h1-37H. The Kier molecular flexibility index (Phi) is 8.42. The van der Waals surface area contributed by atoms with Crippen molar-refractivity contribution in [1.29, 1.82) is 0 Å². The van der Waals surface area contributed by atoms with Crippen LogP contribution in [0, 0.1) is 0 Å². The lowest BCUT2D eigenvalue weighted by atomic mass is 9.95. The molecule has 0 aliphatic carbocycles. The lowest BCUT2D eigenvalue weighted by molar-refractivity contribution is 1.07. The Hall–Kier alpha value is -8.41. The van der Waals surface area contributed by atoms with Crippen LogP contribution < -0.4 is 0 Å². The summed E-state index contributed by atoms with van der Waals surface area (Å²) in [6.45, 7) is 0. The van der Waals surface area contributed by atoms with Gasteiger partial charge in [0.1, 0.15) is 0 Å². The zero-order valence-corrected chi connectivity index (χ0v) is 33.6. The molecule has 0 saturated heterocycles. The topological polar surface area (TPSA) is 48.5 Å². The summed E-state index contributed by atoms with van der Waals surface area (Å²) in [7, 11) is 0. The quantitative estimate of drug-likeness (QED) is 0.162. The van der Waals surface area contributed by atoms with E-state index in [1.165, 1.54) is 38.1 Å². The highest BCUT2D eigenvalue weighted by Crippen LogP contribution is 2.43. The maximum Gasteiger partial charge on any atom is 0.164 e. The average molecular weight is 792 g/mol. The van der Waals surface area contributed by atoms with Gasteiger partial charge in [0.25, 0.3) is 0 Å². The number of aromatic nitrogens is 5. The van der Waals surface area contributed by atoms with E-state index in [1.54, 1.807) is 0 Å². The first-order valence-corrected chi connectivity index (χ1v) is 21.0. The van der Waals surface area contributed by atoms with Crippen LogP contribution in [0.3, 0.4) is 0 Å². The van der Waals surface area contributed by atoms with Gasteiger partial charge in [-0.3, -0.25) is 0 Å². The van der Waals surface area contributed by atoms with Crippen molar-refractivity contribution < 1.29 is 0 Å². The predicted molar refractivity (Wildman–Crippen MR) is 256 cm³/mol. The van der Waals surface area contributed by atoms with E-state index in [2.05, 4.69) is 173 Å². The van der Waals surface area contributed by atoms with Gasteiger partial charge in [0, 0.05) is 55.2 Å². The van der Waals surface area contributed by atoms with Gasteiger partial charge in [0.05, 0.1) is 22.1 Å². The highest BCUT2D eigenvalue weighted by molar-refractivity contribution is 6.18. The van der Waals surface area contributed by atoms with Crippen molar-refractivity contribution in [2.45, 2.75) is 0 Å². The first kappa shape index (κ1) is 35.5. The van der Waals surface area contributed by atoms with Crippen LogP contribution in [0.5, 0.6) is 0 Å². The fourth-order valence-electron chi connectivity index (χ4n) is 9.19. The summed E-state index contributed by atoms with van der Waals surface area (Å²) in [5.74, 6) is 1.91. The first-order chi connectivity index (χ1) is 30.8. The molecule has 12 rings (SSSR count). The number of nitrogens with zero attached hydrogens (tertiary/aromatic N) is 5. The molecule has 9 aromatic carbocycles. The minimum absolute atomic E-state index is 0.627. The van der Waals surface area contributed by atoms with Crippen LogP contribution in [0.15, 0.2) is 224 Å². The summed E-state index contributed by atoms with van der Waals surface area (Å²) in [6.07, 6.45) is 0. The van der Waals surface area contributed by atoms with E-state index in [9.17, 15) is 0 Å². The van der Waals surface area contributed by atoms with Gasteiger partial charge in [-0.05, 0) is 71.3 Å². The number of fused-ring (bicyclic) bond motifs is 6. The van der Waals surface area contributed by atoms with E-state index in [0.717, 1.165) is 55.8 Å². The van der Waals surface area contributed by atoms with Gasteiger partial charge < -0.3 is 9.13 Å². The molecular formula is C57H37N5. The van der Waals surface area contributed by atoms with Gasteiger partial charge in [-0.1, -0.05) is 170 Å². The maximum atomic E-state index is 5.08. The SMILES string of the molecule is c1ccc(-c2nc(-c3ccccc3)nc(-c3cccc(-c4cccc5c4c4cc(-c6cccc7c8ccccc8n(-c8ccccc8)c67)ccc4n5-c4ccccc4)c3)n2)cc1. The van der Waals surface area contributed by atoms with Crippen molar-refractivity contribution >= 4 is 43.6 Å². The monoisotopic (exact) mass is 791 g/mol. The predicted octanol–water partition coefficient (Wildman–Crippen LogP) is 14.4. The molecule has 5 nitrogen and oxygen atoms in total. The minimum Gasteiger partial charge on any atom is -0.309 e. The van der Waals surface area contributed by atoms with E-state index in [-0.39, 0.29) is 0 Å². The Morgan fingerprint density at radius 3 is 1.44 bits per heavy atom. The van der Waals surface area contributed by atoms with Crippen LogP contribution >= 0.6 is 0 Å². The van der Waals surface area contributed by atoms with Crippen molar-refractivity contribution in [3.8, 4) is 67.8 Å². The molecule has 0 radical (unpaired) electrons. The van der Waals surface area contributed by atoms with Gasteiger partial charge in [-0.15, -0.1) is 0 Å². The van der Waals surface area contributed by atoms with Crippen LogP contribution in [-0.4, -0.2) is 24.1 Å². The van der Waals surface area contributed by atoms with Crippen molar-refractivity contribution in [3.05, 3.63) is 224 Å². The van der Waals surface area contributed by atoms with Crippen LogP contribution in [0.2, 0.25) is 0 Å². The fourth-order valence-corrected chi connectivity index (χ4v) is 9.19. The van der Waals surface area contributed by atoms with Crippen LogP contribution in [0.25, 0.3) is 111 Å². The molecule has 0 fully saturated rings. The zero-order chi connectivity index (χ0) is 41.0. The van der Waals surface area contributed by atoms with Crippen molar-refractivity contribution in [3.63, 3.8) is 0 Å². The number of hydrogen-bond acceptors (Lipinski definition) is 3. The van der Waals surface area contributed by atoms with Gasteiger partial charge in [0.15, 0.2) is 17.5 Å². The number of benzene rings is 9.